The van der Waals surface area contributed by atoms with Gasteiger partial charge < -0.3 is 10.2 Å². The van der Waals surface area contributed by atoms with Crippen LogP contribution < -0.4 is 10.2 Å². The van der Waals surface area contributed by atoms with E-state index < -0.39 is 0 Å². The van der Waals surface area contributed by atoms with E-state index in [4.69, 9.17) is 0 Å². The molecule has 1 N–H and O–H groups in total. The Hall–Kier alpha value is -2.43. The summed E-state index contributed by atoms with van der Waals surface area (Å²) in [6.07, 6.45) is 2.28. The van der Waals surface area contributed by atoms with Gasteiger partial charge in [-0.05, 0) is 56.4 Å². The molecular formula is C19H24N4O. The van der Waals surface area contributed by atoms with Crippen molar-refractivity contribution in [1.82, 2.24) is 9.97 Å². The second-order valence-electron chi connectivity index (χ2n) is 6.69. The Balaban J connectivity index is 1.79. The van der Waals surface area contributed by atoms with Crippen LogP contribution in [0, 0.1) is 19.8 Å². The van der Waals surface area contributed by atoms with E-state index >= 15 is 0 Å². The van der Waals surface area contributed by atoms with E-state index in [9.17, 15) is 4.79 Å². The van der Waals surface area contributed by atoms with E-state index in [1.54, 1.807) is 6.07 Å². The third-order valence-corrected chi connectivity index (χ3v) is 4.42. The number of nitrogens with zero attached hydrogens (tertiary/aromatic N) is 3. The first-order valence-electron chi connectivity index (χ1n) is 8.50. The Labute approximate surface area is 143 Å². The summed E-state index contributed by atoms with van der Waals surface area (Å²) in [6.45, 7) is 8.07. The van der Waals surface area contributed by atoms with Gasteiger partial charge in [0, 0.05) is 24.5 Å². The number of aromatic nitrogens is 2. The number of anilines is 2. The first-order valence-corrected chi connectivity index (χ1v) is 8.50. The van der Waals surface area contributed by atoms with Crippen LogP contribution >= 0.6 is 0 Å². The van der Waals surface area contributed by atoms with Crippen molar-refractivity contribution in [2.24, 2.45) is 5.92 Å². The van der Waals surface area contributed by atoms with Crippen LogP contribution in [0.3, 0.4) is 0 Å². The maximum absolute atomic E-state index is 12.5. The molecule has 1 saturated heterocycles. The molecule has 0 aliphatic carbocycles. The van der Waals surface area contributed by atoms with E-state index in [-0.39, 0.29) is 5.91 Å². The van der Waals surface area contributed by atoms with Gasteiger partial charge in [-0.15, -0.1) is 0 Å². The molecule has 0 bridgehead atoms. The van der Waals surface area contributed by atoms with Crippen molar-refractivity contribution in [3.8, 4) is 0 Å². The minimum absolute atomic E-state index is 0.197. The standard InChI is InChI=1S/C19H24N4O/c1-13-7-9-23(10-8-13)19-20-15(3)12-17(22-19)18(24)21-16-6-4-5-14(2)11-16/h4-6,11-13H,7-10H2,1-3H3,(H,21,24). The topological polar surface area (TPSA) is 58.1 Å². The molecule has 1 aliphatic rings. The molecule has 0 atom stereocenters. The number of aryl methyl sites for hydroxylation is 2. The molecule has 0 unspecified atom stereocenters. The fourth-order valence-electron chi connectivity index (χ4n) is 2.94. The predicted molar refractivity (Wildman–Crippen MR) is 96.5 cm³/mol. The molecule has 1 aromatic carbocycles. The normalized spacial score (nSPS) is 15.4. The predicted octanol–water partition coefficient (Wildman–Crippen LogP) is 3.58. The first-order chi connectivity index (χ1) is 11.5. The highest BCUT2D eigenvalue weighted by molar-refractivity contribution is 6.03. The third-order valence-electron chi connectivity index (χ3n) is 4.42. The molecule has 0 saturated carbocycles. The molecular weight excluding hydrogens is 300 g/mol. The molecule has 3 rings (SSSR count). The quantitative estimate of drug-likeness (QED) is 0.937. The van der Waals surface area contributed by atoms with E-state index in [1.165, 1.54) is 0 Å². The van der Waals surface area contributed by atoms with Crippen molar-refractivity contribution in [3.05, 3.63) is 47.3 Å². The van der Waals surface area contributed by atoms with Crippen molar-refractivity contribution < 1.29 is 4.79 Å². The van der Waals surface area contributed by atoms with Crippen LogP contribution in [0.25, 0.3) is 0 Å². The molecule has 126 valence electrons. The number of hydrogen-bond donors (Lipinski definition) is 1. The lowest BCUT2D eigenvalue weighted by molar-refractivity contribution is 0.102. The number of piperidine rings is 1. The molecule has 1 aliphatic heterocycles. The van der Waals surface area contributed by atoms with Crippen molar-refractivity contribution in [3.63, 3.8) is 0 Å². The van der Waals surface area contributed by atoms with Crippen molar-refractivity contribution in [2.45, 2.75) is 33.6 Å². The van der Waals surface area contributed by atoms with E-state index in [0.29, 0.717) is 11.6 Å². The number of hydrogen-bond acceptors (Lipinski definition) is 4. The lowest BCUT2D eigenvalue weighted by Crippen LogP contribution is -2.34. The fourth-order valence-corrected chi connectivity index (χ4v) is 2.94. The van der Waals surface area contributed by atoms with Gasteiger partial charge in [-0.25, -0.2) is 9.97 Å². The minimum atomic E-state index is -0.197. The maximum atomic E-state index is 12.5. The highest BCUT2D eigenvalue weighted by atomic mass is 16.1. The molecule has 1 amide bonds. The second-order valence-corrected chi connectivity index (χ2v) is 6.69. The van der Waals surface area contributed by atoms with Gasteiger partial charge in [0.05, 0.1) is 0 Å². The van der Waals surface area contributed by atoms with Crippen LogP contribution in [0.4, 0.5) is 11.6 Å². The molecule has 1 aromatic heterocycles. The molecule has 2 aromatic rings. The van der Waals surface area contributed by atoms with Gasteiger partial charge in [-0.1, -0.05) is 19.1 Å². The van der Waals surface area contributed by atoms with Crippen LogP contribution in [0.5, 0.6) is 0 Å². The van der Waals surface area contributed by atoms with Crippen molar-refractivity contribution >= 4 is 17.5 Å². The minimum Gasteiger partial charge on any atom is -0.341 e. The van der Waals surface area contributed by atoms with Gasteiger partial charge in [0.15, 0.2) is 0 Å². The molecule has 5 heteroatoms. The summed E-state index contributed by atoms with van der Waals surface area (Å²) in [5.41, 5.74) is 3.12. The maximum Gasteiger partial charge on any atom is 0.274 e. The zero-order chi connectivity index (χ0) is 17.1. The average molecular weight is 324 g/mol. The van der Waals surface area contributed by atoms with Crippen LogP contribution in [0.1, 0.15) is 41.5 Å². The molecule has 24 heavy (non-hydrogen) atoms. The van der Waals surface area contributed by atoms with Gasteiger partial charge >= 0.3 is 0 Å². The Morgan fingerprint density at radius 3 is 2.62 bits per heavy atom. The average Bonchev–Trinajstić information content (AvgIpc) is 2.55. The summed E-state index contributed by atoms with van der Waals surface area (Å²) in [4.78, 5) is 23.7. The summed E-state index contributed by atoms with van der Waals surface area (Å²) < 4.78 is 0. The van der Waals surface area contributed by atoms with E-state index in [1.807, 2.05) is 38.1 Å². The molecule has 2 heterocycles. The van der Waals surface area contributed by atoms with Crippen LogP contribution in [0.15, 0.2) is 30.3 Å². The number of amides is 1. The van der Waals surface area contributed by atoms with Gasteiger partial charge in [0.25, 0.3) is 5.91 Å². The molecule has 0 spiro atoms. The highest BCUT2D eigenvalue weighted by Gasteiger charge is 2.20. The van der Waals surface area contributed by atoms with E-state index in [2.05, 4.69) is 27.1 Å². The summed E-state index contributed by atoms with van der Waals surface area (Å²) in [7, 11) is 0. The SMILES string of the molecule is Cc1cccc(NC(=O)c2cc(C)nc(N3CCC(C)CC3)n2)c1. The van der Waals surface area contributed by atoms with Crippen molar-refractivity contribution in [2.75, 3.05) is 23.3 Å². The number of carbonyl (C=O) groups excluding carboxylic acids is 1. The lowest BCUT2D eigenvalue weighted by atomic mass is 10.00. The fraction of sp³-hybridized carbons (Fsp3) is 0.421. The van der Waals surface area contributed by atoms with Crippen LogP contribution in [0.2, 0.25) is 0 Å². The first kappa shape index (κ1) is 16.4. The van der Waals surface area contributed by atoms with Crippen LogP contribution in [-0.2, 0) is 0 Å². The smallest absolute Gasteiger partial charge is 0.274 e. The van der Waals surface area contributed by atoms with Gasteiger partial charge in [0.1, 0.15) is 5.69 Å². The third kappa shape index (κ3) is 3.91. The summed E-state index contributed by atoms with van der Waals surface area (Å²) >= 11 is 0. The second kappa shape index (κ2) is 6.99. The molecule has 1 fully saturated rings. The summed E-state index contributed by atoms with van der Waals surface area (Å²) in [5.74, 6) is 1.21. The number of rotatable bonds is 3. The number of nitrogens with one attached hydrogen (secondary N) is 1. The van der Waals surface area contributed by atoms with Gasteiger partial charge in [0.2, 0.25) is 5.95 Å². The molecule has 5 nitrogen and oxygen atoms in total. The van der Waals surface area contributed by atoms with Crippen LogP contribution in [-0.4, -0.2) is 29.0 Å². The summed E-state index contributed by atoms with van der Waals surface area (Å²) in [5, 5.41) is 2.92. The Bertz CT molecular complexity index is 736. The Morgan fingerprint density at radius 1 is 1.17 bits per heavy atom. The van der Waals surface area contributed by atoms with Gasteiger partial charge in [-0.2, -0.15) is 0 Å². The number of benzene rings is 1. The Kier molecular flexibility index (Phi) is 4.79. The van der Waals surface area contributed by atoms with Crippen molar-refractivity contribution in [1.29, 1.82) is 0 Å². The zero-order valence-corrected chi connectivity index (χ0v) is 14.5. The number of carbonyl (C=O) groups is 1. The highest BCUT2D eigenvalue weighted by Crippen LogP contribution is 2.21. The zero-order valence-electron chi connectivity index (χ0n) is 14.5. The monoisotopic (exact) mass is 324 g/mol. The van der Waals surface area contributed by atoms with Gasteiger partial charge in [-0.3, -0.25) is 4.79 Å². The van der Waals surface area contributed by atoms with E-state index in [0.717, 1.165) is 48.8 Å². The molecule has 0 radical (unpaired) electrons. The lowest BCUT2D eigenvalue weighted by Gasteiger charge is -2.30. The Morgan fingerprint density at radius 2 is 1.92 bits per heavy atom. The summed E-state index contributed by atoms with van der Waals surface area (Å²) in [6, 6.07) is 9.49. The largest absolute Gasteiger partial charge is 0.341 e.